The molecule has 3 amide bonds. The van der Waals surface area contributed by atoms with Gasteiger partial charge in [-0.15, -0.1) is 0 Å². The Bertz CT molecular complexity index is 808. The highest BCUT2D eigenvalue weighted by molar-refractivity contribution is 5.94. The van der Waals surface area contributed by atoms with Crippen LogP contribution in [0.25, 0.3) is 10.9 Å². The molecule has 1 aromatic heterocycles. The van der Waals surface area contributed by atoms with Gasteiger partial charge in [0.05, 0.1) is 17.4 Å². The van der Waals surface area contributed by atoms with E-state index in [0.717, 1.165) is 42.5 Å². The highest BCUT2D eigenvalue weighted by Gasteiger charge is 2.30. The van der Waals surface area contributed by atoms with Crippen LogP contribution in [0.5, 0.6) is 0 Å². The van der Waals surface area contributed by atoms with E-state index in [4.69, 9.17) is 0 Å². The van der Waals surface area contributed by atoms with E-state index in [1.165, 1.54) is 0 Å². The monoisotopic (exact) mass is 352 g/mol. The number of amides is 3. The summed E-state index contributed by atoms with van der Waals surface area (Å²) in [7, 11) is 0. The van der Waals surface area contributed by atoms with Crippen LogP contribution >= 0.6 is 0 Å². The van der Waals surface area contributed by atoms with E-state index in [0.29, 0.717) is 25.9 Å². The maximum absolute atomic E-state index is 12.6. The van der Waals surface area contributed by atoms with Crippen LogP contribution in [-0.4, -0.2) is 52.9 Å². The molecule has 4 rings (SSSR count). The molecule has 2 saturated heterocycles. The summed E-state index contributed by atoms with van der Waals surface area (Å²) in [6, 6.07) is 9.94. The van der Waals surface area contributed by atoms with Gasteiger partial charge in [0.1, 0.15) is 0 Å². The van der Waals surface area contributed by atoms with Crippen molar-refractivity contribution in [2.75, 3.05) is 31.5 Å². The van der Waals surface area contributed by atoms with Crippen molar-refractivity contribution in [1.29, 1.82) is 0 Å². The summed E-state index contributed by atoms with van der Waals surface area (Å²) in [5, 5.41) is 4.00. The number of carbonyl (C=O) groups excluding carboxylic acids is 2. The molecule has 6 nitrogen and oxygen atoms in total. The molecule has 0 unspecified atom stereocenters. The summed E-state index contributed by atoms with van der Waals surface area (Å²) in [4.78, 5) is 33.2. The second-order valence-electron chi connectivity index (χ2n) is 7.14. The Kier molecular flexibility index (Phi) is 4.73. The van der Waals surface area contributed by atoms with Crippen molar-refractivity contribution in [2.24, 2.45) is 5.92 Å². The first-order valence-electron chi connectivity index (χ1n) is 9.40. The van der Waals surface area contributed by atoms with Gasteiger partial charge in [0, 0.05) is 37.5 Å². The van der Waals surface area contributed by atoms with Crippen molar-refractivity contribution < 1.29 is 9.59 Å². The average Bonchev–Trinajstić information content (AvgIpc) is 3.22. The van der Waals surface area contributed by atoms with Gasteiger partial charge in [0.25, 0.3) is 0 Å². The summed E-state index contributed by atoms with van der Waals surface area (Å²) in [5.74, 6) is -0.0283. The van der Waals surface area contributed by atoms with Crippen molar-refractivity contribution in [3.05, 3.63) is 36.5 Å². The summed E-state index contributed by atoms with van der Waals surface area (Å²) < 4.78 is 0. The molecule has 1 aromatic carbocycles. The van der Waals surface area contributed by atoms with Crippen LogP contribution in [0.2, 0.25) is 0 Å². The summed E-state index contributed by atoms with van der Waals surface area (Å²) in [6.07, 6.45) is 5.33. The molecule has 136 valence electrons. The SMILES string of the molecule is O=C(Nc1cnc2ccccc2c1)C1CCN(C(=O)N2CCCC2)CC1. The Morgan fingerprint density at radius 3 is 2.46 bits per heavy atom. The molecule has 3 heterocycles. The number of aromatic nitrogens is 1. The molecule has 0 radical (unpaired) electrons. The third kappa shape index (κ3) is 3.49. The number of nitrogens with one attached hydrogen (secondary N) is 1. The van der Waals surface area contributed by atoms with Crippen molar-refractivity contribution >= 4 is 28.5 Å². The zero-order chi connectivity index (χ0) is 17.9. The first-order valence-corrected chi connectivity index (χ1v) is 9.40. The van der Waals surface area contributed by atoms with Gasteiger partial charge in [0.2, 0.25) is 5.91 Å². The van der Waals surface area contributed by atoms with Crippen molar-refractivity contribution in [1.82, 2.24) is 14.8 Å². The van der Waals surface area contributed by atoms with Crippen molar-refractivity contribution in [3.63, 3.8) is 0 Å². The van der Waals surface area contributed by atoms with E-state index in [9.17, 15) is 9.59 Å². The smallest absolute Gasteiger partial charge is 0.319 e. The van der Waals surface area contributed by atoms with E-state index in [1.807, 2.05) is 40.1 Å². The number of nitrogens with zero attached hydrogens (tertiary/aromatic N) is 3. The molecule has 0 atom stereocenters. The molecule has 2 fully saturated rings. The topological polar surface area (TPSA) is 65.5 Å². The van der Waals surface area contributed by atoms with Gasteiger partial charge < -0.3 is 15.1 Å². The minimum Gasteiger partial charge on any atom is -0.325 e. The molecule has 26 heavy (non-hydrogen) atoms. The Morgan fingerprint density at radius 1 is 1.00 bits per heavy atom. The summed E-state index contributed by atoms with van der Waals surface area (Å²) in [5.41, 5.74) is 1.64. The number of carbonyl (C=O) groups is 2. The highest BCUT2D eigenvalue weighted by atomic mass is 16.2. The number of benzene rings is 1. The number of hydrogen-bond donors (Lipinski definition) is 1. The van der Waals surface area contributed by atoms with Crippen LogP contribution in [0.15, 0.2) is 36.5 Å². The quantitative estimate of drug-likeness (QED) is 0.903. The minimum absolute atomic E-state index is 0.0235. The van der Waals surface area contributed by atoms with Crippen LogP contribution in [0.3, 0.4) is 0 Å². The van der Waals surface area contributed by atoms with Gasteiger partial charge in [0.15, 0.2) is 0 Å². The number of piperidine rings is 1. The molecule has 0 saturated carbocycles. The Labute approximate surface area is 153 Å². The number of anilines is 1. The lowest BCUT2D eigenvalue weighted by Gasteiger charge is -2.34. The maximum atomic E-state index is 12.6. The van der Waals surface area contributed by atoms with Gasteiger partial charge >= 0.3 is 6.03 Å². The van der Waals surface area contributed by atoms with E-state index in [1.54, 1.807) is 6.20 Å². The van der Waals surface area contributed by atoms with Crippen LogP contribution in [0.4, 0.5) is 10.5 Å². The minimum atomic E-state index is -0.0518. The first kappa shape index (κ1) is 16.8. The normalized spacial score (nSPS) is 18.3. The van der Waals surface area contributed by atoms with Crippen molar-refractivity contribution in [2.45, 2.75) is 25.7 Å². The molecule has 2 aromatic rings. The van der Waals surface area contributed by atoms with Crippen LogP contribution < -0.4 is 5.32 Å². The molecule has 0 aliphatic carbocycles. The lowest BCUT2D eigenvalue weighted by molar-refractivity contribution is -0.121. The second-order valence-corrected chi connectivity index (χ2v) is 7.14. The number of pyridine rings is 1. The second kappa shape index (κ2) is 7.32. The molecule has 2 aliphatic heterocycles. The van der Waals surface area contributed by atoms with E-state index in [-0.39, 0.29) is 17.9 Å². The summed E-state index contributed by atoms with van der Waals surface area (Å²) >= 11 is 0. The molecular weight excluding hydrogens is 328 g/mol. The third-order valence-corrected chi connectivity index (χ3v) is 5.37. The Balaban J connectivity index is 1.33. The molecule has 6 heteroatoms. The predicted molar refractivity (Wildman–Crippen MR) is 101 cm³/mol. The highest BCUT2D eigenvalue weighted by Crippen LogP contribution is 2.22. The number of para-hydroxylation sites is 1. The number of hydrogen-bond acceptors (Lipinski definition) is 3. The lowest BCUT2D eigenvalue weighted by Crippen LogP contribution is -2.47. The Hall–Kier alpha value is -2.63. The van der Waals surface area contributed by atoms with Gasteiger partial charge in [-0.2, -0.15) is 0 Å². The maximum Gasteiger partial charge on any atom is 0.319 e. The largest absolute Gasteiger partial charge is 0.325 e. The standard InChI is InChI=1S/C20H24N4O2/c25-19(22-17-13-16-5-1-2-6-18(16)21-14-17)15-7-11-24(12-8-15)20(26)23-9-3-4-10-23/h1-2,5-6,13-15H,3-4,7-12H2,(H,22,25). The fourth-order valence-electron chi connectivity index (χ4n) is 3.83. The van der Waals surface area contributed by atoms with Gasteiger partial charge in [-0.1, -0.05) is 18.2 Å². The zero-order valence-electron chi connectivity index (χ0n) is 14.9. The number of likely N-dealkylation sites (tertiary alicyclic amines) is 2. The van der Waals surface area contributed by atoms with Crippen molar-refractivity contribution in [3.8, 4) is 0 Å². The van der Waals surface area contributed by atoms with Crippen LogP contribution in [0.1, 0.15) is 25.7 Å². The molecule has 2 aliphatic rings. The number of urea groups is 1. The summed E-state index contributed by atoms with van der Waals surface area (Å²) in [6.45, 7) is 3.05. The molecule has 0 bridgehead atoms. The number of rotatable bonds is 2. The Morgan fingerprint density at radius 2 is 1.69 bits per heavy atom. The first-order chi connectivity index (χ1) is 12.7. The molecular formula is C20H24N4O2. The predicted octanol–water partition coefficient (Wildman–Crippen LogP) is 3.10. The van der Waals surface area contributed by atoms with E-state index < -0.39 is 0 Å². The lowest BCUT2D eigenvalue weighted by atomic mass is 9.96. The third-order valence-electron chi connectivity index (χ3n) is 5.37. The zero-order valence-corrected chi connectivity index (χ0v) is 14.9. The molecule has 0 spiro atoms. The van der Waals surface area contributed by atoms with E-state index in [2.05, 4.69) is 10.3 Å². The van der Waals surface area contributed by atoms with Gasteiger partial charge in [-0.25, -0.2) is 4.79 Å². The number of fused-ring (bicyclic) bond motifs is 1. The van der Waals surface area contributed by atoms with Gasteiger partial charge in [-0.05, 0) is 37.8 Å². The molecule has 1 N–H and O–H groups in total. The van der Waals surface area contributed by atoms with Crippen LogP contribution in [-0.2, 0) is 4.79 Å². The van der Waals surface area contributed by atoms with E-state index >= 15 is 0 Å². The van der Waals surface area contributed by atoms with Gasteiger partial charge in [-0.3, -0.25) is 9.78 Å². The average molecular weight is 352 g/mol. The fraction of sp³-hybridized carbons (Fsp3) is 0.450. The van der Waals surface area contributed by atoms with Crippen LogP contribution in [0, 0.1) is 5.92 Å². The fourth-order valence-corrected chi connectivity index (χ4v) is 3.83.